The van der Waals surface area contributed by atoms with E-state index in [1.165, 1.54) is 103 Å². The number of rotatable bonds is 23. The Morgan fingerprint density at radius 1 is 0.765 bits per heavy atom. The smallest absolute Gasteiger partial charge is 0.362 e. The number of unbranched alkanes of at least 4 members (excludes halogenated alkanes) is 17. The number of aliphatic hydroxyl groups is 1. The van der Waals surface area contributed by atoms with Crippen LogP contribution in [0, 0.1) is 0 Å². The van der Waals surface area contributed by atoms with Gasteiger partial charge in [-0.05, 0) is 12.8 Å². The zero-order valence-corrected chi connectivity index (χ0v) is 22.2. The van der Waals surface area contributed by atoms with E-state index in [1.54, 1.807) is 0 Å². The standard InChI is InChI=1S/C28H53NO5/c1-3-5-6-7-8-9-10-11-12-13-14-15-16-17-18-19-20-21-23-33-25-24-26(30)29-28(25,32)27(31)34-22-4-2/h25,32H,3-24H2,1-2H3,(H,29,30)/t25?,28-/m1/s1. The van der Waals surface area contributed by atoms with Crippen molar-refractivity contribution >= 4 is 11.9 Å². The molecule has 1 aliphatic heterocycles. The largest absolute Gasteiger partial charge is 0.462 e. The molecule has 2 N–H and O–H groups in total. The van der Waals surface area contributed by atoms with Crippen molar-refractivity contribution in [2.24, 2.45) is 0 Å². The molecule has 1 saturated heterocycles. The molecule has 34 heavy (non-hydrogen) atoms. The van der Waals surface area contributed by atoms with Crippen LogP contribution in [0.15, 0.2) is 0 Å². The first kappa shape index (κ1) is 30.9. The third-order valence-corrected chi connectivity index (χ3v) is 6.73. The molecule has 0 aliphatic carbocycles. The monoisotopic (exact) mass is 483 g/mol. The van der Waals surface area contributed by atoms with Crippen LogP contribution in [0.5, 0.6) is 0 Å². The molecule has 1 amide bonds. The molecular formula is C28H53NO5. The van der Waals surface area contributed by atoms with Crippen molar-refractivity contribution in [1.29, 1.82) is 0 Å². The normalized spacial score (nSPS) is 20.0. The minimum absolute atomic E-state index is 0.0171. The average Bonchev–Trinajstić information content (AvgIpc) is 3.13. The first-order valence-corrected chi connectivity index (χ1v) is 14.4. The molecule has 1 aliphatic rings. The highest BCUT2D eigenvalue weighted by molar-refractivity contribution is 5.91. The molecule has 0 spiro atoms. The second kappa shape index (κ2) is 20.1. The highest BCUT2D eigenvalue weighted by Gasteiger charge is 2.53. The first-order valence-electron chi connectivity index (χ1n) is 14.4. The van der Waals surface area contributed by atoms with Crippen molar-refractivity contribution in [3.05, 3.63) is 0 Å². The van der Waals surface area contributed by atoms with Crippen molar-refractivity contribution < 1.29 is 24.2 Å². The summed E-state index contributed by atoms with van der Waals surface area (Å²) in [5.74, 6) is -1.22. The van der Waals surface area contributed by atoms with Crippen molar-refractivity contribution in [1.82, 2.24) is 5.32 Å². The van der Waals surface area contributed by atoms with Gasteiger partial charge >= 0.3 is 5.97 Å². The molecule has 1 rings (SSSR count). The summed E-state index contributed by atoms with van der Waals surface area (Å²) < 4.78 is 10.7. The zero-order chi connectivity index (χ0) is 24.9. The second-order valence-electron chi connectivity index (χ2n) is 10.0. The molecule has 0 aromatic carbocycles. The van der Waals surface area contributed by atoms with Crippen LogP contribution >= 0.6 is 0 Å². The molecular weight excluding hydrogens is 430 g/mol. The van der Waals surface area contributed by atoms with Crippen molar-refractivity contribution in [3.63, 3.8) is 0 Å². The van der Waals surface area contributed by atoms with Gasteiger partial charge in [-0.1, -0.05) is 123 Å². The van der Waals surface area contributed by atoms with Gasteiger partial charge in [0, 0.05) is 6.61 Å². The van der Waals surface area contributed by atoms with E-state index in [0.717, 1.165) is 12.8 Å². The molecule has 0 radical (unpaired) electrons. The van der Waals surface area contributed by atoms with Gasteiger partial charge in [0.15, 0.2) is 0 Å². The Kier molecular flexibility index (Phi) is 18.3. The molecule has 1 heterocycles. The van der Waals surface area contributed by atoms with Gasteiger partial charge in [0.05, 0.1) is 13.0 Å². The Labute approximate surface area is 208 Å². The Bertz CT molecular complexity index is 527. The van der Waals surface area contributed by atoms with E-state index in [1.807, 2.05) is 6.92 Å². The summed E-state index contributed by atoms with van der Waals surface area (Å²) in [7, 11) is 0. The summed E-state index contributed by atoms with van der Waals surface area (Å²) >= 11 is 0. The molecule has 1 unspecified atom stereocenters. The van der Waals surface area contributed by atoms with Crippen molar-refractivity contribution in [3.8, 4) is 0 Å². The van der Waals surface area contributed by atoms with Crippen LogP contribution < -0.4 is 5.32 Å². The van der Waals surface area contributed by atoms with Crippen LogP contribution in [0.3, 0.4) is 0 Å². The maximum atomic E-state index is 12.1. The summed E-state index contributed by atoms with van der Waals surface area (Å²) in [5, 5.41) is 12.9. The fraction of sp³-hybridized carbons (Fsp3) is 0.929. The number of esters is 1. The summed E-state index contributed by atoms with van der Waals surface area (Å²) in [6, 6.07) is 0. The van der Waals surface area contributed by atoms with Crippen LogP contribution in [0.2, 0.25) is 0 Å². The Morgan fingerprint density at radius 2 is 1.21 bits per heavy atom. The maximum Gasteiger partial charge on any atom is 0.362 e. The van der Waals surface area contributed by atoms with Crippen LogP contribution in [0.25, 0.3) is 0 Å². The molecule has 200 valence electrons. The van der Waals surface area contributed by atoms with E-state index in [-0.39, 0.29) is 13.0 Å². The second-order valence-corrected chi connectivity index (χ2v) is 10.0. The van der Waals surface area contributed by atoms with Crippen molar-refractivity contribution in [2.45, 2.75) is 154 Å². The number of amides is 1. The topological polar surface area (TPSA) is 84.9 Å². The summed E-state index contributed by atoms with van der Waals surface area (Å²) in [6.45, 7) is 4.79. The van der Waals surface area contributed by atoms with Crippen LogP contribution in [0.1, 0.15) is 142 Å². The molecule has 1 fully saturated rings. The molecule has 0 aromatic rings. The van der Waals surface area contributed by atoms with E-state index in [4.69, 9.17) is 9.47 Å². The lowest BCUT2D eigenvalue weighted by Gasteiger charge is -2.26. The number of carbonyl (C=O) groups excluding carboxylic acids is 2. The third kappa shape index (κ3) is 13.7. The van der Waals surface area contributed by atoms with Crippen LogP contribution in [-0.2, 0) is 19.1 Å². The SMILES string of the molecule is CCCCCCCCCCCCCCCCCCCCOC1CC(=O)N[C@]1(O)C(=O)OCCC. The number of hydrogen-bond donors (Lipinski definition) is 2. The predicted molar refractivity (Wildman–Crippen MR) is 137 cm³/mol. The van der Waals surface area contributed by atoms with Gasteiger partial charge in [-0.15, -0.1) is 0 Å². The Hall–Kier alpha value is -1.14. The summed E-state index contributed by atoms with van der Waals surface area (Å²) in [6.07, 6.45) is 23.5. The summed E-state index contributed by atoms with van der Waals surface area (Å²) in [5.41, 5.74) is -2.06. The van der Waals surface area contributed by atoms with E-state index in [9.17, 15) is 14.7 Å². The number of ether oxygens (including phenoxy) is 2. The van der Waals surface area contributed by atoms with Gasteiger partial charge in [-0.25, -0.2) is 4.79 Å². The fourth-order valence-corrected chi connectivity index (χ4v) is 4.56. The van der Waals surface area contributed by atoms with Gasteiger partial charge < -0.3 is 19.9 Å². The zero-order valence-electron chi connectivity index (χ0n) is 22.2. The minimum atomic E-state index is -2.06. The maximum absolute atomic E-state index is 12.1. The number of nitrogens with one attached hydrogen (secondary N) is 1. The Morgan fingerprint density at radius 3 is 1.65 bits per heavy atom. The lowest BCUT2D eigenvalue weighted by molar-refractivity contribution is -0.183. The quantitative estimate of drug-likeness (QED) is 0.127. The minimum Gasteiger partial charge on any atom is -0.462 e. The summed E-state index contributed by atoms with van der Waals surface area (Å²) in [4.78, 5) is 23.8. The van der Waals surface area contributed by atoms with E-state index in [0.29, 0.717) is 13.0 Å². The van der Waals surface area contributed by atoms with Gasteiger partial charge in [-0.2, -0.15) is 0 Å². The average molecular weight is 484 g/mol. The molecule has 0 saturated carbocycles. The van der Waals surface area contributed by atoms with Gasteiger partial charge in [0.1, 0.15) is 6.10 Å². The van der Waals surface area contributed by atoms with Gasteiger partial charge in [0.25, 0.3) is 5.72 Å². The number of hydrogen-bond acceptors (Lipinski definition) is 5. The lowest BCUT2D eigenvalue weighted by atomic mass is 10.0. The molecule has 0 bridgehead atoms. The molecule has 2 atom stereocenters. The Balaban J connectivity index is 1.90. The van der Waals surface area contributed by atoms with E-state index >= 15 is 0 Å². The third-order valence-electron chi connectivity index (χ3n) is 6.73. The predicted octanol–water partition coefficient (Wildman–Crippen LogP) is 6.58. The highest BCUT2D eigenvalue weighted by Crippen LogP contribution is 2.24. The fourth-order valence-electron chi connectivity index (χ4n) is 4.56. The molecule has 6 heteroatoms. The van der Waals surface area contributed by atoms with E-state index < -0.39 is 23.7 Å². The van der Waals surface area contributed by atoms with E-state index in [2.05, 4.69) is 12.2 Å². The number of carbonyl (C=O) groups is 2. The van der Waals surface area contributed by atoms with Crippen LogP contribution in [0.4, 0.5) is 0 Å². The molecule has 0 aromatic heterocycles. The van der Waals surface area contributed by atoms with Gasteiger partial charge in [0.2, 0.25) is 5.91 Å². The van der Waals surface area contributed by atoms with Crippen LogP contribution in [-0.4, -0.2) is 42.0 Å². The first-order chi connectivity index (χ1) is 16.5. The van der Waals surface area contributed by atoms with Gasteiger partial charge in [-0.3, -0.25) is 4.79 Å². The van der Waals surface area contributed by atoms with Crippen molar-refractivity contribution in [2.75, 3.05) is 13.2 Å². The highest BCUT2D eigenvalue weighted by atomic mass is 16.6. The lowest BCUT2D eigenvalue weighted by Crippen LogP contribution is -2.57. The molecule has 6 nitrogen and oxygen atoms in total.